The second-order valence-corrected chi connectivity index (χ2v) is 2.57. The van der Waals surface area contributed by atoms with E-state index in [2.05, 4.69) is 0 Å². The average molecular weight is 150 g/mol. The number of hydrogen-bond donors (Lipinski definition) is 3. The van der Waals surface area contributed by atoms with Gasteiger partial charge in [0.1, 0.15) is 0 Å². The van der Waals surface area contributed by atoms with Crippen LogP contribution in [-0.2, 0) is 4.57 Å². The molecule has 4 nitrogen and oxygen atoms in total. The quantitative estimate of drug-likeness (QED) is 0.328. The SMILES string of the molecule is O=[PH](O)O.OC[CH2][Na]. The van der Waals surface area contributed by atoms with E-state index < -0.39 is 8.25 Å². The molecule has 0 aliphatic rings. The predicted molar refractivity (Wildman–Crippen MR) is 31.1 cm³/mol. The molecule has 0 spiro atoms. The van der Waals surface area contributed by atoms with Crippen LogP contribution in [0.25, 0.3) is 0 Å². The molecule has 0 rings (SSSR count). The van der Waals surface area contributed by atoms with E-state index in [-0.39, 0.29) is 0 Å². The Kier molecular flexibility index (Phi) is 16.3. The van der Waals surface area contributed by atoms with Gasteiger partial charge in [0, 0.05) is 0 Å². The fourth-order valence-corrected chi connectivity index (χ4v) is 0. The van der Waals surface area contributed by atoms with E-state index in [1.165, 1.54) is 0 Å². The maximum absolute atomic E-state index is 8.74. The Morgan fingerprint density at radius 1 is 1.50 bits per heavy atom. The van der Waals surface area contributed by atoms with Gasteiger partial charge in [-0.1, -0.05) is 0 Å². The summed E-state index contributed by atoms with van der Waals surface area (Å²) < 4.78 is 9.75. The van der Waals surface area contributed by atoms with Crippen molar-refractivity contribution in [2.24, 2.45) is 0 Å². The molecule has 0 radical (unpaired) electrons. The molecule has 0 heterocycles. The van der Waals surface area contributed by atoms with Crippen molar-refractivity contribution >= 4 is 36.2 Å². The second kappa shape index (κ2) is 11.0. The number of hydrogen-bond acceptors (Lipinski definition) is 2. The number of aliphatic hydroxyl groups is 1. The molecular formula is C2H8NaO4P. The molecule has 0 amide bonds. The Hall–Kier alpha value is 1.11. The minimum absolute atomic E-state index is 0.381. The molecule has 0 bridgehead atoms. The van der Waals surface area contributed by atoms with Crippen LogP contribution in [0.15, 0.2) is 0 Å². The molecule has 0 fully saturated rings. The first-order valence-corrected chi connectivity index (χ1v) is 4.89. The maximum atomic E-state index is 8.74. The Balaban J connectivity index is 0. The Morgan fingerprint density at radius 2 is 1.62 bits per heavy atom. The summed E-state index contributed by atoms with van der Waals surface area (Å²) >= 11 is 1.14. The van der Waals surface area contributed by atoms with Gasteiger partial charge < -0.3 is 9.79 Å². The van der Waals surface area contributed by atoms with E-state index in [0.717, 1.165) is 31.6 Å². The normalized spacial score (nSPS) is 8.25. The van der Waals surface area contributed by atoms with Crippen LogP contribution in [0.5, 0.6) is 0 Å². The summed E-state index contributed by atoms with van der Waals surface area (Å²) in [7, 11) is -3.13. The summed E-state index contributed by atoms with van der Waals surface area (Å²) in [5.74, 6) is 0. The topological polar surface area (TPSA) is 77.8 Å². The van der Waals surface area contributed by atoms with E-state index in [1.54, 1.807) is 0 Å². The number of aliphatic hydroxyl groups excluding tert-OH is 1. The van der Waals surface area contributed by atoms with Crippen LogP contribution in [0.4, 0.5) is 0 Å². The molecule has 0 saturated heterocycles. The molecule has 6 heteroatoms. The van der Waals surface area contributed by atoms with E-state index >= 15 is 0 Å². The van der Waals surface area contributed by atoms with Crippen LogP contribution in [-0.4, -0.2) is 49.4 Å². The van der Waals surface area contributed by atoms with Crippen LogP contribution in [0.3, 0.4) is 0 Å². The third kappa shape index (κ3) is 59.6. The van der Waals surface area contributed by atoms with Crippen LogP contribution in [0, 0.1) is 0 Å². The van der Waals surface area contributed by atoms with Crippen LogP contribution in [0.1, 0.15) is 0 Å². The molecule has 0 atom stereocenters. The first kappa shape index (κ1) is 11.9. The molecule has 0 aromatic heterocycles. The van der Waals surface area contributed by atoms with Crippen LogP contribution in [0.2, 0.25) is 3.67 Å². The third-order valence-corrected chi connectivity index (χ3v) is 0.671. The van der Waals surface area contributed by atoms with E-state index in [0.29, 0.717) is 6.61 Å². The molecule has 8 heavy (non-hydrogen) atoms. The summed E-state index contributed by atoms with van der Waals surface area (Å²) in [5.41, 5.74) is 0. The van der Waals surface area contributed by atoms with Gasteiger partial charge in [-0.3, -0.25) is 4.57 Å². The van der Waals surface area contributed by atoms with E-state index in [4.69, 9.17) is 19.5 Å². The Morgan fingerprint density at radius 3 is 1.62 bits per heavy atom. The Bertz CT molecular complexity index is 52.0. The molecule has 0 unspecified atom stereocenters. The molecule has 0 aliphatic heterocycles. The summed E-state index contributed by atoms with van der Waals surface area (Å²) in [6.45, 7) is 0.381. The van der Waals surface area contributed by atoms with Gasteiger partial charge in [-0.2, -0.15) is 0 Å². The molecule has 46 valence electrons. The van der Waals surface area contributed by atoms with Crippen molar-refractivity contribution in [3.8, 4) is 0 Å². The van der Waals surface area contributed by atoms with Crippen LogP contribution < -0.4 is 0 Å². The van der Waals surface area contributed by atoms with Crippen molar-refractivity contribution in [2.75, 3.05) is 6.61 Å². The third-order valence-electron chi connectivity index (χ3n) is 0.224. The fraction of sp³-hybridized carbons (Fsp3) is 1.00. The first-order valence-electron chi connectivity index (χ1n) is 2.17. The summed E-state index contributed by atoms with van der Waals surface area (Å²) in [6.07, 6.45) is 0. The second-order valence-electron chi connectivity index (χ2n) is 1.01. The van der Waals surface area contributed by atoms with Gasteiger partial charge >= 0.3 is 51.6 Å². The average Bonchev–Trinajstić information content (AvgIpc) is 1.65. The number of rotatable bonds is 1. The monoisotopic (exact) mass is 150 g/mol. The van der Waals surface area contributed by atoms with Gasteiger partial charge in [0.2, 0.25) is 0 Å². The van der Waals surface area contributed by atoms with Crippen molar-refractivity contribution in [3.63, 3.8) is 0 Å². The predicted octanol–water partition coefficient (Wildman–Crippen LogP) is -1.07. The summed E-state index contributed by atoms with van der Waals surface area (Å²) in [5, 5.41) is 7.91. The molecular weight excluding hydrogens is 142 g/mol. The standard InChI is InChI=1S/C2H5O.Na.H3O3P/c1-2-3;;1-4(2)3/h3H,1-2H2;;4H,(H2,1,2,3). The zero-order valence-electron chi connectivity index (χ0n) is 4.66. The molecule has 0 saturated carbocycles. The van der Waals surface area contributed by atoms with Crippen molar-refractivity contribution in [3.05, 3.63) is 0 Å². The van der Waals surface area contributed by atoms with Crippen molar-refractivity contribution in [1.82, 2.24) is 0 Å². The van der Waals surface area contributed by atoms with E-state index in [9.17, 15) is 0 Å². The summed E-state index contributed by atoms with van der Waals surface area (Å²) in [6, 6.07) is 0. The molecule has 0 aliphatic carbocycles. The van der Waals surface area contributed by atoms with Gasteiger partial charge in [-0.15, -0.1) is 0 Å². The Labute approximate surface area is 65.9 Å². The van der Waals surface area contributed by atoms with E-state index in [1.807, 2.05) is 0 Å². The van der Waals surface area contributed by atoms with Crippen molar-refractivity contribution in [1.29, 1.82) is 0 Å². The zero-order chi connectivity index (χ0) is 6.99. The van der Waals surface area contributed by atoms with Gasteiger partial charge in [0.25, 0.3) is 0 Å². The first-order chi connectivity index (χ1) is 3.65. The van der Waals surface area contributed by atoms with Crippen LogP contribution >= 0.6 is 8.25 Å². The summed E-state index contributed by atoms with van der Waals surface area (Å²) in [4.78, 5) is 14.3. The van der Waals surface area contributed by atoms with Crippen molar-refractivity contribution < 1.29 is 19.5 Å². The molecule has 0 aromatic rings. The minimum atomic E-state index is -3.13. The van der Waals surface area contributed by atoms with Gasteiger partial charge in [-0.25, -0.2) is 0 Å². The van der Waals surface area contributed by atoms with Gasteiger partial charge in [0.15, 0.2) is 0 Å². The zero-order valence-corrected chi connectivity index (χ0v) is 7.66. The van der Waals surface area contributed by atoms with Crippen molar-refractivity contribution in [2.45, 2.75) is 3.67 Å². The van der Waals surface area contributed by atoms with Gasteiger partial charge in [-0.05, 0) is 0 Å². The molecule has 0 aromatic carbocycles. The fourth-order valence-electron chi connectivity index (χ4n) is 0. The molecule has 3 N–H and O–H groups in total. The van der Waals surface area contributed by atoms with Gasteiger partial charge in [0.05, 0.1) is 0 Å².